The average Bonchev–Trinajstić information content (AvgIpc) is 3.77. The summed E-state index contributed by atoms with van der Waals surface area (Å²) in [5.41, 5.74) is 6.10. The van der Waals surface area contributed by atoms with Gasteiger partial charge in [0.1, 0.15) is 35.3 Å². The number of β-lactam (4-membered cyclic amide) rings is 1. The summed E-state index contributed by atoms with van der Waals surface area (Å²) in [5.74, 6) is -3.93. The molecule has 20 heteroatoms. The largest absolute Gasteiger partial charge is 1.00 e. The van der Waals surface area contributed by atoms with E-state index < -0.39 is 35.2 Å². The molecule has 6 rings (SSSR count). The summed E-state index contributed by atoms with van der Waals surface area (Å²) in [4.78, 5) is 60.2. The maximum absolute atomic E-state index is 13.3. The van der Waals surface area contributed by atoms with Crippen LogP contribution in [0.15, 0.2) is 57.5 Å². The Kier molecular flexibility index (Phi) is 10.7. The zero-order valence-corrected chi connectivity index (χ0v) is 28.7. The number of oxime groups is 1. The maximum atomic E-state index is 13.3. The Morgan fingerprint density at radius 2 is 2.04 bits per heavy atom. The number of carbonyl (C=O) groups is 4. The predicted molar refractivity (Wildman–Crippen MR) is 157 cm³/mol. The third-order valence-electron chi connectivity index (χ3n) is 7.20. The normalized spacial score (nSPS) is 20.0. The second-order valence-electron chi connectivity index (χ2n) is 10.1. The minimum absolute atomic E-state index is 0. The van der Waals surface area contributed by atoms with Crippen LogP contribution in [0.1, 0.15) is 31.5 Å². The molecule has 3 aromatic heterocycles. The van der Waals surface area contributed by atoms with Gasteiger partial charge in [0.15, 0.2) is 11.3 Å². The van der Waals surface area contributed by atoms with Crippen LogP contribution in [-0.2, 0) is 30.6 Å². The van der Waals surface area contributed by atoms with Gasteiger partial charge < -0.3 is 35.7 Å². The first-order chi connectivity index (χ1) is 21.7. The summed E-state index contributed by atoms with van der Waals surface area (Å²) in [7, 11) is 0. The van der Waals surface area contributed by atoms with Gasteiger partial charge in [0.05, 0.1) is 17.6 Å². The van der Waals surface area contributed by atoms with Crippen LogP contribution in [0.5, 0.6) is 0 Å². The number of hydrogen-bond acceptors (Lipinski definition) is 15. The summed E-state index contributed by atoms with van der Waals surface area (Å²) in [6.45, 7) is -0.315. The molecule has 3 aromatic rings. The molecule has 0 spiro atoms. The smallest absolute Gasteiger partial charge is 0.546 e. The van der Waals surface area contributed by atoms with E-state index in [1.807, 2.05) is 0 Å². The minimum Gasteiger partial charge on any atom is -0.546 e. The van der Waals surface area contributed by atoms with Crippen molar-refractivity contribution < 1.29 is 68.4 Å². The van der Waals surface area contributed by atoms with Crippen molar-refractivity contribution in [1.29, 1.82) is 0 Å². The van der Waals surface area contributed by atoms with E-state index in [0.29, 0.717) is 16.2 Å². The quantitative estimate of drug-likeness (QED) is 0.0481. The van der Waals surface area contributed by atoms with Crippen LogP contribution < -0.4 is 55.4 Å². The number of aromatic nitrogens is 5. The van der Waals surface area contributed by atoms with Crippen molar-refractivity contribution in [2.75, 3.05) is 11.5 Å². The van der Waals surface area contributed by atoms with Crippen molar-refractivity contribution in [3.05, 3.63) is 53.1 Å². The SMILES string of the molecule is Nc1nc(/C(=N/OC2CCCC2)C(=O)N[C@@H]2C(=O)N3C(C(=O)[O-])=C(/C=C/Sc4ccc5n(cc[n+]5CC(=O)[O-])n4)CS[C@H]23)ns1.[Na+]. The molecule has 234 valence electrons. The number of imidazole rings is 1. The molecule has 2 fully saturated rings. The van der Waals surface area contributed by atoms with Crippen LogP contribution >= 0.6 is 35.1 Å². The van der Waals surface area contributed by atoms with Gasteiger partial charge in [-0.3, -0.25) is 14.5 Å². The van der Waals surface area contributed by atoms with Crippen molar-refractivity contribution in [3.63, 3.8) is 0 Å². The van der Waals surface area contributed by atoms with Crippen molar-refractivity contribution in [2.24, 2.45) is 5.16 Å². The molecule has 2 atom stereocenters. The predicted octanol–water partition coefficient (Wildman–Crippen LogP) is -4.82. The van der Waals surface area contributed by atoms with E-state index in [9.17, 15) is 29.4 Å². The van der Waals surface area contributed by atoms with Gasteiger partial charge in [-0.2, -0.15) is 9.36 Å². The fraction of sp³-hybridized carbons (Fsp3) is 0.346. The van der Waals surface area contributed by atoms with E-state index >= 15 is 0 Å². The molecule has 16 nitrogen and oxygen atoms in total. The topological polar surface area (TPSA) is 224 Å². The average molecular weight is 694 g/mol. The zero-order chi connectivity index (χ0) is 31.7. The van der Waals surface area contributed by atoms with Crippen LogP contribution in [-0.4, -0.2) is 76.6 Å². The number of carboxylic acid groups (broad SMARTS) is 2. The van der Waals surface area contributed by atoms with Gasteiger partial charge in [-0.15, -0.1) is 16.3 Å². The van der Waals surface area contributed by atoms with Gasteiger partial charge in [-0.1, -0.05) is 22.0 Å². The summed E-state index contributed by atoms with van der Waals surface area (Å²) < 4.78 is 7.04. The second-order valence-corrected chi connectivity index (χ2v) is 12.9. The number of carbonyl (C=O) groups excluding carboxylic acids is 4. The van der Waals surface area contributed by atoms with Crippen molar-refractivity contribution >= 4 is 75.3 Å². The third-order valence-corrected chi connectivity index (χ3v) is 9.77. The Morgan fingerprint density at radius 1 is 1.26 bits per heavy atom. The molecule has 1 aliphatic carbocycles. The van der Waals surface area contributed by atoms with Gasteiger partial charge in [-0.25, -0.2) is 4.57 Å². The Morgan fingerprint density at radius 3 is 2.74 bits per heavy atom. The summed E-state index contributed by atoms with van der Waals surface area (Å²) in [5, 5.41) is 35.8. The second kappa shape index (κ2) is 14.5. The van der Waals surface area contributed by atoms with Gasteiger partial charge in [0.25, 0.3) is 11.8 Å². The van der Waals surface area contributed by atoms with E-state index in [2.05, 4.69) is 24.9 Å². The number of anilines is 1. The Bertz CT molecular complexity index is 1790. The number of rotatable bonds is 11. The van der Waals surface area contributed by atoms with E-state index in [-0.39, 0.29) is 70.3 Å². The molecule has 0 unspecified atom stereocenters. The number of aliphatic carboxylic acids is 2. The number of amides is 2. The fourth-order valence-corrected chi connectivity index (χ4v) is 7.50. The third kappa shape index (κ3) is 7.08. The van der Waals surface area contributed by atoms with Crippen LogP contribution in [0.2, 0.25) is 0 Å². The maximum Gasteiger partial charge on any atom is 1.00 e. The van der Waals surface area contributed by atoms with E-state index in [4.69, 9.17) is 10.6 Å². The fourth-order valence-electron chi connectivity index (χ4n) is 5.10. The number of nitrogens with one attached hydrogen (secondary N) is 1. The molecule has 2 aliphatic heterocycles. The van der Waals surface area contributed by atoms with E-state index in [1.165, 1.54) is 32.6 Å². The van der Waals surface area contributed by atoms with Crippen LogP contribution in [0.4, 0.5) is 5.13 Å². The number of fused-ring (bicyclic) bond motifs is 2. The number of nitrogen functional groups attached to an aromatic ring is 1. The Balaban J connectivity index is 0.00000417. The molecule has 1 saturated heterocycles. The molecule has 3 N–H and O–H groups in total. The van der Waals surface area contributed by atoms with E-state index in [1.54, 1.807) is 36.0 Å². The number of allylic oxidation sites excluding steroid dienone is 1. The molecule has 5 heterocycles. The molecular weight excluding hydrogens is 670 g/mol. The first-order valence-corrected chi connectivity index (χ1v) is 16.3. The molecule has 0 bridgehead atoms. The molecule has 0 radical (unpaired) electrons. The van der Waals surface area contributed by atoms with Crippen molar-refractivity contribution in [1.82, 2.24) is 29.2 Å². The van der Waals surface area contributed by atoms with Crippen molar-refractivity contribution in [2.45, 2.75) is 54.8 Å². The number of nitrogens with zero attached hydrogens (tertiary/aromatic N) is 7. The Labute approximate surface area is 295 Å². The van der Waals surface area contributed by atoms with E-state index in [0.717, 1.165) is 42.1 Å². The van der Waals surface area contributed by atoms with Crippen molar-refractivity contribution in [3.8, 4) is 0 Å². The monoisotopic (exact) mass is 693 g/mol. The van der Waals surface area contributed by atoms with Crippen LogP contribution in [0.25, 0.3) is 5.65 Å². The minimum atomic E-state index is -1.53. The first kappa shape index (κ1) is 33.9. The molecular formula is C26H24N9NaO7S3. The molecule has 2 amide bonds. The standard InChI is InChI=1S/C26H25N9O7S3.Na/c27-26-29-21(32-45-26)18(31-42-14-3-1-2-4-14)22(38)28-19-23(39)35-20(25(40)41)13(12-44-24(19)35)7-10-43-15-5-6-16-33(11-17(36)37)8-9-34(16)30-15;/h5-10,14,19,24H,1-4,11-12H2,(H4-,27,28,29,32,36,37,38,40,41);/q;+1/p-1/b10-7+,31-18-;/t19-,24-;/m1./s1. The van der Waals surface area contributed by atoms with Crippen LogP contribution in [0.3, 0.4) is 0 Å². The molecule has 46 heavy (non-hydrogen) atoms. The summed E-state index contributed by atoms with van der Waals surface area (Å²) >= 11 is 3.37. The van der Waals surface area contributed by atoms with Gasteiger partial charge >= 0.3 is 35.2 Å². The van der Waals surface area contributed by atoms with Gasteiger partial charge in [0, 0.05) is 23.4 Å². The number of carboxylic acids is 2. The first-order valence-electron chi connectivity index (χ1n) is 13.6. The Hall–Kier alpha value is -3.49. The van der Waals surface area contributed by atoms with Crippen LogP contribution in [0, 0.1) is 0 Å². The number of nitrogens with two attached hydrogens (primary N) is 1. The van der Waals surface area contributed by atoms with Gasteiger partial charge in [0.2, 0.25) is 11.5 Å². The van der Waals surface area contributed by atoms with Gasteiger partial charge in [-0.05, 0) is 48.8 Å². The molecule has 1 saturated carbocycles. The molecule has 3 aliphatic rings. The summed E-state index contributed by atoms with van der Waals surface area (Å²) in [6.07, 6.45) is 8.20. The molecule has 0 aromatic carbocycles. The number of thioether (sulfide) groups is 2. The summed E-state index contributed by atoms with van der Waals surface area (Å²) in [6, 6.07) is 2.36. The number of hydrogen-bond donors (Lipinski definition) is 2. The zero-order valence-electron chi connectivity index (χ0n) is 24.2.